The molecule has 0 spiro atoms. The van der Waals surface area contributed by atoms with Crippen LogP contribution in [0, 0.1) is 11.5 Å². The number of rotatable bonds is 4. The van der Waals surface area contributed by atoms with Crippen molar-refractivity contribution in [2.24, 2.45) is 7.05 Å². The molecule has 6 nitrogen and oxygen atoms in total. The summed E-state index contributed by atoms with van der Waals surface area (Å²) in [5.74, 6) is 3.03. The number of fused-ring (bicyclic) bond motifs is 1. The minimum absolute atomic E-state index is 0.0165. The van der Waals surface area contributed by atoms with Crippen LogP contribution in [-0.2, 0) is 11.8 Å². The number of ether oxygens (including phenoxy) is 3. The van der Waals surface area contributed by atoms with Crippen LogP contribution in [0.5, 0.6) is 17.4 Å². The summed E-state index contributed by atoms with van der Waals surface area (Å²) in [6.45, 7) is 6.31. The molecule has 25 heavy (non-hydrogen) atoms. The molecule has 1 heterocycles. The first-order valence-electron chi connectivity index (χ1n) is 7.80. The van der Waals surface area contributed by atoms with Gasteiger partial charge in [-0.1, -0.05) is 25.6 Å². The second kappa shape index (κ2) is 7.11. The third-order valence-electron chi connectivity index (χ3n) is 3.61. The maximum Gasteiger partial charge on any atom is 0.345 e. The fraction of sp³-hybridized carbons (Fsp3) is 0.389. The van der Waals surface area contributed by atoms with Crippen LogP contribution in [-0.4, -0.2) is 44.5 Å². The molecule has 0 saturated heterocycles. The van der Waals surface area contributed by atoms with Crippen LogP contribution >= 0.6 is 0 Å². The van der Waals surface area contributed by atoms with E-state index < -0.39 is 14.0 Å². The molecule has 1 N–H and O–H groups in total. The third-order valence-corrected chi connectivity index (χ3v) is 4.53. The van der Waals surface area contributed by atoms with Crippen LogP contribution in [0.3, 0.4) is 0 Å². The van der Waals surface area contributed by atoms with Gasteiger partial charge in [0.2, 0.25) is 5.88 Å². The lowest BCUT2D eigenvalue weighted by molar-refractivity contribution is 0.0555. The Morgan fingerprint density at radius 3 is 2.48 bits per heavy atom. The molecule has 0 aliphatic rings. The average molecular weight is 361 g/mol. The predicted molar refractivity (Wildman–Crippen MR) is 99.1 cm³/mol. The molecule has 0 unspecified atom stereocenters. The molecule has 7 heteroatoms. The van der Waals surface area contributed by atoms with Gasteiger partial charge in [-0.15, -0.1) is 5.54 Å². The van der Waals surface area contributed by atoms with Crippen molar-refractivity contribution in [2.75, 3.05) is 20.8 Å². The second-order valence-electron chi connectivity index (χ2n) is 6.61. The number of benzene rings is 1. The molecule has 0 saturated carbocycles. The topological polar surface area (TPSA) is 69.9 Å². The first kappa shape index (κ1) is 18.7. The van der Waals surface area contributed by atoms with Crippen molar-refractivity contribution in [3.63, 3.8) is 0 Å². The van der Waals surface area contributed by atoms with Gasteiger partial charge in [-0.3, -0.25) is 0 Å². The number of aromatic nitrogens is 1. The lowest BCUT2D eigenvalue weighted by atomic mass is 10.1. The van der Waals surface area contributed by atoms with Gasteiger partial charge in [0.15, 0.2) is 6.61 Å². The molecule has 0 fully saturated rings. The van der Waals surface area contributed by atoms with E-state index in [2.05, 4.69) is 31.1 Å². The highest BCUT2D eigenvalue weighted by atomic mass is 28.3. The zero-order valence-electron chi connectivity index (χ0n) is 15.4. The predicted octanol–water partition coefficient (Wildman–Crippen LogP) is 2.94. The molecule has 0 aliphatic carbocycles. The van der Waals surface area contributed by atoms with Crippen molar-refractivity contribution in [1.82, 2.24) is 4.57 Å². The highest BCUT2D eigenvalue weighted by molar-refractivity contribution is 6.83. The fourth-order valence-corrected chi connectivity index (χ4v) is 3.04. The Morgan fingerprint density at radius 2 is 1.92 bits per heavy atom. The Labute approximate surface area is 148 Å². The number of esters is 1. The number of hydrogen-bond donors (Lipinski definition) is 1. The maximum absolute atomic E-state index is 12.5. The van der Waals surface area contributed by atoms with E-state index >= 15 is 0 Å². The second-order valence-corrected chi connectivity index (χ2v) is 11.4. The van der Waals surface area contributed by atoms with Gasteiger partial charge in [0.05, 0.1) is 25.1 Å². The average Bonchev–Trinajstić information content (AvgIpc) is 2.81. The largest absolute Gasteiger partial charge is 0.497 e. The zero-order chi connectivity index (χ0) is 18.8. The van der Waals surface area contributed by atoms with Crippen molar-refractivity contribution in [3.8, 4) is 28.8 Å². The summed E-state index contributed by atoms with van der Waals surface area (Å²) in [7, 11) is 3.16. The molecular weight excluding hydrogens is 338 g/mol. The summed E-state index contributed by atoms with van der Waals surface area (Å²) < 4.78 is 17.3. The Bertz CT molecular complexity index is 868. The van der Waals surface area contributed by atoms with E-state index in [0.717, 1.165) is 0 Å². The van der Waals surface area contributed by atoms with Crippen LogP contribution in [0.2, 0.25) is 19.6 Å². The third kappa shape index (κ3) is 3.91. The van der Waals surface area contributed by atoms with Gasteiger partial charge in [0.1, 0.15) is 25.1 Å². The number of nitrogens with zero attached hydrogens (tertiary/aromatic N) is 1. The minimum Gasteiger partial charge on any atom is -0.497 e. The minimum atomic E-state index is -1.52. The van der Waals surface area contributed by atoms with Gasteiger partial charge in [-0.2, -0.15) is 0 Å². The summed E-state index contributed by atoms with van der Waals surface area (Å²) in [4.78, 5) is 12.5. The van der Waals surface area contributed by atoms with Crippen molar-refractivity contribution < 1.29 is 24.1 Å². The summed E-state index contributed by atoms with van der Waals surface area (Å²) in [6.07, 6.45) is 0. The Hall–Kier alpha value is -2.59. The smallest absolute Gasteiger partial charge is 0.345 e. The molecule has 2 rings (SSSR count). The molecule has 1 aromatic heterocycles. The SMILES string of the molecule is COc1cc(OC)c2c(C(=O)OCC#C[Si](C)(C)C)c(O)n(C)c2c1. The number of methoxy groups -OCH3 is 2. The van der Waals surface area contributed by atoms with Crippen molar-refractivity contribution in [2.45, 2.75) is 19.6 Å². The van der Waals surface area contributed by atoms with E-state index in [1.807, 2.05) is 0 Å². The maximum atomic E-state index is 12.5. The molecule has 0 radical (unpaired) electrons. The molecule has 0 aliphatic heterocycles. The summed E-state index contributed by atoms with van der Waals surface area (Å²) in [5.41, 5.74) is 3.79. The summed E-state index contributed by atoms with van der Waals surface area (Å²) >= 11 is 0. The molecule has 1 aromatic carbocycles. The normalized spacial score (nSPS) is 11.0. The number of carbonyl (C=O) groups is 1. The number of aryl methyl sites for hydroxylation is 1. The van der Waals surface area contributed by atoms with Crippen LogP contribution in [0.1, 0.15) is 10.4 Å². The quantitative estimate of drug-likeness (QED) is 0.515. The van der Waals surface area contributed by atoms with E-state index in [-0.39, 0.29) is 18.1 Å². The van der Waals surface area contributed by atoms with Crippen molar-refractivity contribution in [1.29, 1.82) is 0 Å². The Balaban J connectivity index is 2.45. The molecule has 134 valence electrons. The molecule has 0 amide bonds. The lowest BCUT2D eigenvalue weighted by Gasteiger charge is -2.08. The zero-order valence-corrected chi connectivity index (χ0v) is 16.4. The Morgan fingerprint density at radius 1 is 1.24 bits per heavy atom. The van der Waals surface area contributed by atoms with E-state index in [4.69, 9.17) is 14.2 Å². The Kier molecular flexibility index (Phi) is 5.33. The van der Waals surface area contributed by atoms with Crippen LogP contribution in [0.4, 0.5) is 0 Å². The first-order chi connectivity index (χ1) is 11.7. The van der Waals surface area contributed by atoms with Gasteiger partial charge in [-0.25, -0.2) is 4.79 Å². The van der Waals surface area contributed by atoms with Gasteiger partial charge < -0.3 is 23.9 Å². The highest BCUT2D eigenvalue weighted by Gasteiger charge is 2.26. The van der Waals surface area contributed by atoms with Gasteiger partial charge >= 0.3 is 5.97 Å². The molecule has 0 atom stereocenters. The van der Waals surface area contributed by atoms with Gasteiger partial charge in [-0.05, 0) is 0 Å². The molecule has 2 aromatic rings. The summed E-state index contributed by atoms with van der Waals surface area (Å²) in [6, 6.07) is 3.38. The van der Waals surface area contributed by atoms with Crippen molar-refractivity contribution in [3.05, 3.63) is 17.7 Å². The highest BCUT2D eigenvalue weighted by Crippen LogP contribution is 2.39. The van der Waals surface area contributed by atoms with Crippen LogP contribution in [0.25, 0.3) is 10.9 Å². The van der Waals surface area contributed by atoms with Crippen LogP contribution in [0.15, 0.2) is 12.1 Å². The van der Waals surface area contributed by atoms with E-state index in [1.165, 1.54) is 18.8 Å². The molecular formula is C18H23NO5Si. The number of aromatic hydroxyl groups is 1. The van der Waals surface area contributed by atoms with Gasteiger partial charge in [0, 0.05) is 19.2 Å². The van der Waals surface area contributed by atoms with E-state index in [9.17, 15) is 9.90 Å². The first-order valence-corrected chi connectivity index (χ1v) is 11.3. The number of hydrogen-bond acceptors (Lipinski definition) is 5. The van der Waals surface area contributed by atoms with Crippen molar-refractivity contribution >= 4 is 24.9 Å². The van der Waals surface area contributed by atoms with E-state index in [0.29, 0.717) is 22.4 Å². The number of carbonyl (C=O) groups excluding carboxylic acids is 1. The lowest BCUT2D eigenvalue weighted by Crippen LogP contribution is -2.17. The van der Waals surface area contributed by atoms with E-state index in [1.54, 1.807) is 19.2 Å². The standard InChI is InChI=1S/C18H23NO5Si/c1-19-13-10-12(22-2)11-14(23-3)15(13)16(17(19)20)18(21)24-8-7-9-25(4,5)6/h10-11,20H,8H2,1-6H3. The van der Waals surface area contributed by atoms with Crippen LogP contribution < -0.4 is 9.47 Å². The summed E-state index contributed by atoms with van der Waals surface area (Å²) in [5, 5.41) is 10.9. The van der Waals surface area contributed by atoms with Gasteiger partial charge in [0.25, 0.3) is 0 Å². The fourth-order valence-electron chi connectivity index (χ4n) is 2.43. The molecule has 0 bridgehead atoms. The monoisotopic (exact) mass is 361 g/mol.